The molecule has 3 aromatic rings. The highest BCUT2D eigenvalue weighted by atomic mass is 32.2. The van der Waals surface area contributed by atoms with Gasteiger partial charge in [0.25, 0.3) is 5.91 Å². The molecule has 0 radical (unpaired) electrons. The Kier molecular flexibility index (Phi) is 5.92. The molecule has 1 amide bonds. The van der Waals surface area contributed by atoms with Crippen molar-refractivity contribution >= 4 is 27.3 Å². The van der Waals surface area contributed by atoms with Gasteiger partial charge in [0.2, 0.25) is 10.0 Å². The molecule has 154 valence electrons. The largest absolute Gasteiger partial charge is 0.458 e. The van der Waals surface area contributed by atoms with Crippen molar-refractivity contribution in [1.82, 2.24) is 14.6 Å². The Labute approximate surface area is 174 Å². The molecule has 0 aliphatic rings. The second-order valence-electron chi connectivity index (χ2n) is 6.90. The standard InChI is InChI=1S/C20H23N3O4S2/c1-12-8-15(9-19(13(12)2)29(25,26)23(4)5)20(24)21-10-16-6-7-18(27-16)17-11-28-14(3)22-17/h6-9,11H,10H2,1-5H3,(H,21,24). The van der Waals surface area contributed by atoms with Gasteiger partial charge >= 0.3 is 0 Å². The Hall–Kier alpha value is -2.49. The van der Waals surface area contributed by atoms with Crippen LogP contribution in [-0.4, -0.2) is 37.7 Å². The Bertz CT molecular complexity index is 1160. The summed E-state index contributed by atoms with van der Waals surface area (Å²) in [4.78, 5) is 17.1. The second-order valence-corrected chi connectivity index (χ2v) is 10.1. The molecule has 0 spiro atoms. The molecule has 29 heavy (non-hydrogen) atoms. The summed E-state index contributed by atoms with van der Waals surface area (Å²) in [6.07, 6.45) is 0. The summed E-state index contributed by atoms with van der Waals surface area (Å²) in [7, 11) is -0.715. The summed E-state index contributed by atoms with van der Waals surface area (Å²) in [5.41, 5.74) is 2.41. The molecule has 0 aliphatic heterocycles. The van der Waals surface area contributed by atoms with Crippen LogP contribution in [0.3, 0.4) is 0 Å². The fourth-order valence-electron chi connectivity index (χ4n) is 2.78. The molecule has 0 unspecified atom stereocenters. The Morgan fingerprint density at radius 1 is 1.21 bits per heavy atom. The molecular formula is C20H23N3O4S2. The number of hydrogen-bond acceptors (Lipinski definition) is 6. The van der Waals surface area contributed by atoms with Gasteiger partial charge in [-0.3, -0.25) is 4.79 Å². The first-order chi connectivity index (χ1) is 13.6. The van der Waals surface area contributed by atoms with Crippen molar-refractivity contribution < 1.29 is 17.6 Å². The number of nitrogens with zero attached hydrogens (tertiary/aromatic N) is 2. The van der Waals surface area contributed by atoms with Crippen molar-refractivity contribution in [2.45, 2.75) is 32.2 Å². The molecule has 3 rings (SSSR count). The van der Waals surface area contributed by atoms with Crippen LogP contribution >= 0.6 is 11.3 Å². The van der Waals surface area contributed by atoms with Crippen molar-refractivity contribution in [3.63, 3.8) is 0 Å². The van der Waals surface area contributed by atoms with E-state index in [1.807, 2.05) is 18.4 Å². The summed E-state index contributed by atoms with van der Waals surface area (Å²) in [5, 5.41) is 5.64. The van der Waals surface area contributed by atoms with E-state index in [4.69, 9.17) is 4.42 Å². The van der Waals surface area contributed by atoms with Crippen molar-refractivity contribution in [2.24, 2.45) is 0 Å². The Morgan fingerprint density at radius 3 is 2.55 bits per heavy atom. The van der Waals surface area contributed by atoms with Gasteiger partial charge in [-0.2, -0.15) is 0 Å². The van der Waals surface area contributed by atoms with Crippen molar-refractivity contribution in [3.05, 3.63) is 57.1 Å². The number of benzene rings is 1. The van der Waals surface area contributed by atoms with Crippen LogP contribution in [0.4, 0.5) is 0 Å². The van der Waals surface area contributed by atoms with Crippen LogP contribution in [0.2, 0.25) is 0 Å². The number of hydrogen-bond donors (Lipinski definition) is 1. The van der Waals surface area contributed by atoms with Gasteiger partial charge < -0.3 is 9.73 Å². The molecule has 0 bridgehead atoms. The topological polar surface area (TPSA) is 92.5 Å². The van der Waals surface area contributed by atoms with Gasteiger partial charge in [-0.05, 0) is 56.2 Å². The first-order valence-electron chi connectivity index (χ1n) is 8.93. The van der Waals surface area contributed by atoms with Crippen LogP contribution in [0, 0.1) is 20.8 Å². The molecule has 2 heterocycles. The second kappa shape index (κ2) is 8.10. The predicted octanol–water partition coefficient (Wildman–Crippen LogP) is 3.51. The normalized spacial score (nSPS) is 11.8. The number of carbonyl (C=O) groups excluding carboxylic acids is 1. The Morgan fingerprint density at radius 2 is 1.93 bits per heavy atom. The zero-order chi connectivity index (χ0) is 21.3. The number of thiazole rings is 1. The maximum absolute atomic E-state index is 12.6. The number of nitrogens with one attached hydrogen (secondary N) is 1. The lowest BCUT2D eigenvalue weighted by molar-refractivity contribution is 0.0948. The van der Waals surface area contributed by atoms with Crippen LogP contribution < -0.4 is 5.32 Å². The third kappa shape index (κ3) is 4.42. The first kappa shape index (κ1) is 21.2. The lowest BCUT2D eigenvalue weighted by Gasteiger charge is -2.16. The summed E-state index contributed by atoms with van der Waals surface area (Å²) >= 11 is 1.54. The maximum atomic E-state index is 12.6. The molecule has 2 aromatic heterocycles. The molecule has 1 N–H and O–H groups in total. The van der Waals surface area contributed by atoms with E-state index in [1.165, 1.54) is 31.5 Å². The zero-order valence-electron chi connectivity index (χ0n) is 16.9. The fourth-order valence-corrected chi connectivity index (χ4v) is 4.60. The summed E-state index contributed by atoms with van der Waals surface area (Å²) in [6.45, 7) is 5.63. The smallest absolute Gasteiger partial charge is 0.251 e. The highest BCUT2D eigenvalue weighted by Gasteiger charge is 2.23. The van der Waals surface area contributed by atoms with E-state index in [-0.39, 0.29) is 22.9 Å². The van der Waals surface area contributed by atoms with Crippen molar-refractivity contribution in [3.8, 4) is 11.5 Å². The van der Waals surface area contributed by atoms with Gasteiger partial charge in [0.15, 0.2) is 5.76 Å². The zero-order valence-corrected chi connectivity index (χ0v) is 18.6. The van der Waals surface area contributed by atoms with E-state index in [0.717, 1.165) is 20.6 Å². The maximum Gasteiger partial charge on any atom is 0.251 e. The molecule has 1 aromatic carbocycles. The monoisotopic (exact) mass is 433 g/mol. The molecule has 0 atom stereocenters. The number of aryl methyl sites for hydroxylation is 2. The molecule has 7 nitrogen and oxygen atoms in total. The highest BCUT2D eigenvalue weighted by molar-refractivity contribution is 7.89. The van der Waals surface area contributed by atoms with Crippen LogP contribution in [0.5, 0.6) is 0 Å². The van der Waals surface area contributed by atoms with Crippen molar-refractivity contribution in [1.29, 1.82) is 0 Å². The van der Waals surface area contributed by atoms with E-state index < -0.39 is 10.0 Å². The average molecular weight is 434 g/mol. The number of amides is 1. The minimum atomic E-state index is -3.65. The summed E-state index contributed by atoms with van der Waals surface area (Å²) in [6, 6.07) is 6.70. The van der Waals surface area contributed by atoms with E-state index in [1.54, 1.807) is 26.0 Å². The quantitative estimate of drug-likeness (QED) is 0.642. The molecule has 0 saturated heterocycles. The lowest BCUT2D eigenvalue weighted by Crippen LogP contribution is -2.26. The van der Waals surface area contributed by atoms with E-state index in [9.17, 15) is 13.2 Å². The fraction of sp³-hybridized carbons (Fsp3) is 0.300. The van der Waals surface area contributed by atoms with Crippen LogP contribution in [-0.2, 0) is 16.6 Å². The SMILES string of the molecule is Cc1nc(-c2ccc(CNC(=O)c3cc(C)c(C)c(S(=O)(=O)N(C)C)c3)o2)cs1. The van der Waals surface area contributed by atoms with Gasteiger partial charge in [-0.1, -0.05) is 0 Å². The number of rotatable bonds is 6. The number of aromatic nitrogens is 1. The first-order valence-corrected chi connectivity index (χ1v) is 11.2. The van der Waals surface area contributed by atoms with Gasteiger partial charge in [-0.25, -0.2) is 17.7 Å². The summed E-state index contributed by atoms with van der Waals surface area (Å²) < 4.78 is 32.0. The number of furan rings is 1. The van der Waals surface area contributed by atoms with Crippen LogP contribution in [0.15, 0.2) is 39.0 Å². The summed E-state index contributed by atoms with van der Waals surface area (Å²) in [5.74, 6) is 0.860. The molecule has 0 fully saturated rings. The minimum absolute atomic E-state index is 0.131. The molecule has 0 saturated carbocycles. The van der Waals surface area contributed by atoms with Crippen molar-refractivity contribution in [2.75, 3.05) is 14.1 Å². The van der Waals surface area contributed by atoms with E-state index >= 15 is 0 Å². The minimum Gasteiger partial charge on any atom is -0.458 e. The Balaban J connectivity index is 1.78. The van der Waals surface area contributed by atoms with E-state index in [0.29, 0.717) is 17.1 Å². The van der Waals surface area contributed by atoms with Gasteiger partial charge in [0.05, 0.1) is 16.4 Å². The lowest BCUT2D eigenvalue weighted by atomic mass is 10.1. The van der Waals surface area contributed by atoms with Gasteiger partial charge in [0, 0.05) is 25.0 Å². The predicted molar refractivity (Wildman–Crippen MR) is 113 cm³/mol. The van der Waals surface area contributed by atoms with Gasteiger partial charge in [-0.15, -0.1) is 11.3 Å². The molecular weight excluding hydrogens is 410 g/mol. The van der Waals surface area contributed by atoms with Gasteiger partial charge in [0.1, 0.15) is 11.5 Å². The number of sulfonamides is 1. The van der Waals surface area contributed by atoms with Crippen LogP contribution in [0.25, 0.3) is 11.5 Å². The third-order valence-electron chi connectivity index (χ3n) is 4.60. The molecule has 9 heteroatoms. The highest BCUT2D eigenvalue weighted by Crippen LogP contribution is 2.25. The van der Waals surface area contributed by atoms with Crippen LogP contribution in [0.1, 0.15) is 32.3 Å². The average Bonchev–Trinajstić information content (AvgIpc) is 3.30. The van der Waals surface area contributed by atoms with E-state index in [2.05, 4.69) is 10.3 Å². The number of carbonyl (C=O) groups is 1. The molecule has 0 aliphatic carbocycles. The third-order valence-corrected chi connectivity index (χ3v) is 7.31.